The average Bonchev–Trinajstić information content (AvgIpc) is 3.46. The van der Waals surface area contributed by atoms with Gasteiger partial charge in [0.25, 0.3) is 0 Å². The molecule has 3 heterocycles. The van der Waals surface area contributed by atoms with Gasteiger partial charge in [-0.3, -0.25) is 4.98 Å². The third kappa shape index (κ3) is 5.12. The van der Waals surface area contributed by atoms with Crippen LogP contribution in [0.5, 0.6) is 0 Å². The lowest BCUT2D eigenvalue weighted by atomic mass is 9.98. The van der Waals surface area contributed by atoms with E-state index in [4.69, 9.17) is 4.98 Å². The molecule has 5 heteroatoms. The number of hydrogen-bond acceptors (Lipinski definition) is 4. The fraction of sp³-hybridized carbons (Fsp3) is 0. The second kappa shape index (κ2) is 11.2. The predicted octanol–water partition coefficient (Wildman–Crippen LogP) is 12.1. The highest BCUT2D eigenvalue weighted by atomic mass is 127. The number of halogens is 1. The van der Waals surface area contributed by atoms with Gasteiger partial charge >= 0.3 is 0 Å². The van der Waals surface area contributed by atoms with Crippen molar-refractivity contribution in [3.63, 3.8) is 0 Å². The third-order valence-corrected chi connectivity index (χ3v) is 11.0. The number of benzene rings is 5. The van der Waals surface area contributed by atoms with Gasteiger partial charge in [-0.05, 0) is 87.5 Å². The lowest BCUT2D eigenvalue weighted by Gasteiger charge is -2.09. The molecule has 3 aromatic heterocycles. The summed E-state index contributed by atoms with van der Waals surface area (Å²) in [6.07, 6.45) is 3.85. The van der Waals surface area contributed by atoms with Crippen LogP contribution in [0, 0.1) is 0 Å². The molecule has 8 rings (SSSR count). The molecule has 0 aliphatic heterocycles. The lowest BCUT2D eigenvalue weighted by molar-refractivity contribution is 1.41. The van der Waals surface area contributed by atoms with E-state index in [2.05, 4.69) is 148 Å². The van der Waals surface area contributed by atoms with E-state index in [1.807, 2.05) is 18.5 Å². The topological polar surface area (TPSA) is 25.8 Å². The molecule has 204 valence electrons. The first-order valence-corrected chi connectivity index (χ1v) is 18.2. The lowest BCUT2D eigenvalue weighted by Crippen LogP contribution is -1.86. The van der Waals surface area contributed by atoms with Crippen LogP contribution in [-0.4, -0.2) is 9.97 Å². The van der Waals surface area contributed by atoms with Gasteiger partial charge in [0, 0.05) is 64.9 Å². The largest absolute Gasteiger partial charge is 0.256 e. The Morgan fingerprint density at radius 2 is 1.09 bits per heavy atom. The molecule has 0 bridgehead atoms. The van der Waals surface area contributed by atoms with E-state index in [-0.39, 0.29) is 0 Å². The summed E-state index contributed by atoms with van der Waals surface area (Å²) in [7, 11) is 1.74. The molecule has 0 aliphatic carbocycles. The van der Waals surface area contributed by atoms with Gasteiger partial charge in [-0.1, -0.05) is 87.8 Å². The SMILES string of the molecule is ISc1ccc(-c2ccc(-c3ccc4cc(-c5ccc(-c6ccc7sc8ncccc8c7c6)cc5)cnc4c3)cc2)cc1. The Morgan fingerprint density at radius 3 is 1.79 bits per heavy atom. The normalized spacial score (nSPS) is 11.5. The molecular formula is C38H23IN2S2. The molecule has 0 amide bonds. The van der Waals surface area contributed by atoms with Crippen molar-refractivity contribution < 1.29 is 0 Å². The molecule has 0 spiro atoms. The zero-order chi connectivity index (χ0) is 28.8. The highest BCUT2D eigenvalue weighted by Gasteiger charge is 2.09. The number of aromatic nitrogens is 2. The fourth-order valence-electron chi connectivity index (χ4n) is 5.66. The molecule has 0 radical (unpaired) electrons. The number of thiophene rings is 1. The summed E-state index contributed by atoms with van der Waals surface area (Å²) in [5.74, 6) is 0. The van der Waals surface area contributed by atoms with Crippen LogP contribution < -0.4 is 0 Å². The first-order chi connectivity index (χ1) is 21.2. The van der Waals surface area contributed by atoms with Gasteiger partial charge in [-0.25, -0.2) is 4.98 Å². The van der Waals surface area contributed by atoms with Crippen molar-refractivity contribution >= 4 is 72.7 Å². The highest BCUT2D eigenvalue weighted by Crippen LogP contribution is 2.36. The fourth-order valence-corrected chi connectivity index (χ4v) is 7.80. The van der Waals surface area contributed by atoms with Gasteiger partial charge in [0.05, 0.1) is 5.52 Å². The van der Waals surface area contributed by atoms with Crippen molar-refractivity contribution in [2.45, 2.75) is 4.90 Å². The van der Waals surface area contributed by atoms with Crippen LogP contribution in [0.15, 0.2) is 145 Å². The van der Waals surface area contributed by atoms with E-state index >= 15 is 0 Å². The number of fused-ring (bicyclic) bond motifs is 4. The third-order valence-electron chi connectivity index (χ3n) is 7.98. The molecule has 0 aliphatic rings. The molecule has 8 aromatic rings. The van der Waals surface area contributed by atoms with E-state index in [9.17, 15) is 0 Å². The number of hydrogen-bond donors (Lipinski definition) is 0. The standard InChI is InChI=1S/C38H23IN2S2/c39-43-33-16-13-25(14-17-33)24-3-5-27(6-4-24)30-11-12-31-20-32(23-41-36(31)22-30)28-9-7-26(8-10-28)29-15-18-37-35(21-29)34-2-1-19-40-38(34)42-37/h1-23H. The first-order valence-electron chi connectivity index (χ1n) is 14.0. The highest BCUT2D eigenvalue weighted by molar-refractivity contribution is 14.2. The molecule has 5 aromatic carbocycles. The second-order valence-corrected chi connectivity index (χ2v) is 13.5. The van der Waals surface area contributed by atoms with E-state index in [0.717, 1.165) is 26.9 Å². The second-order valence-electron chi connectivity index (χ2n) is 10.6. The maximum Gasteiger partial charge on any atom is 0.124 e. The molecule has 0 saturated carbocycles. The Bertz CT molecular complexity index is 2260. The molecule has 0 saturated heterocycles. The van der Waals surface area contributed by atoms with Crippen LogP contribution in [-0.2, 0) is 0 Å². The molecule has 0 fully saturated rings. The van der Waals surface area contributed by atoms with Gasteiger partial charge in [0.1, 0.15) is 4.83 Å². The molecular weight excluding hydrogens is 675 g/mol. The molecule has 2 nitrogen and oxygen atoms in total. The van der Waals surface area contributed by atoms with Crippen molar-refractivity contribution in [3.8, 4) is 44.5 Å². The minimum absolute atomic E-state index is 1.000. The van der Waals surface area contributed by atoms with E-state index in [1.165, 1.54) is 53.7 Å². The summed E-state index contributed by atoms with van der Waals surface area (Å²) in [6, 6.07) is 46.0. The Hall–Kier alpha value is -4.04. The summed E-state index contributed by atoms with van der Waals surface area (Å²) < 4.78 is 1.27. The van der Waals surface area contributed by atoms with Crippen molar-refractivity contribution in [1.29, 1.82) is 0 Å². The summed E-state index contributed by atoms with van der Waals surface area (Å²) in [4.78, 5) is 11.7. The van der Waals surface area contributed by atoms with Crippen molar-refractivity contribution in [1.82, 2.24) is 9.97 Å². The van der Waals surface area contributed by atoms with E-state index < -0.39 is 0 Å². The maximum absolute atomic E-state index is 4.86. The Morgan fingerprint density at radius 1 is 0.512 bits per heavy atom. The van der Waals surface area contributed by atoms with Crippen molar-refractivity contribution in [2.24, 2.45) is 0 Å². The van der Waals surface area contributed by atoms with Crippen LogP contribution >= 0.6 is 41.5 Å². The van der Waals surface area contributed by atoms with Crippen LogP contribution in [0.25, 0.3) is 75.7 Å². The van der Waals surface area contributed by atoms with Crippen molar-refractivity contribution in [3.05, 3.63) is 140 Å². The van der Waals surface area contributed by atoms with Crippen LogP contribution in [0.2, 0.25) is 0 Å². The predicted molar refractivity (Wildman–Crippen MR) is 194 cm³/mol. The minimum Gasteiger partial charge on any atom is -0.256 e. The van der Waals surface area contributed by atoms with Crippen LogP contribution in [0.3, 0.4) is 0 Å². The zero-order valence-corrected chi connectivity index (χ0v) is 26.7. The zero-order valence-electron chi connectivity index (χ0n) is 22.9. The quantitative estimate of drug-likeness (QED) is 0.167. The molecule has 43 heavy (non-hydrogen) atoms. The Balaban J connectivity index is 1.04. The van der Waals surface area contributed by atoms with Gasteiger partial charge < -0.3 is 0 Å². The smallest absolute Gasteiger partial charge is 0.124 e. The van der Waals surface area contributed by atoms with Crippen LogP contribution in [0.4, 0.5) is 0 Å². The van der Waals surface area contributed by atoms with E-state index in [1.54, 1.807) is 20.3 Å². The van der Waals surface area contributed by atoms with Gasteiger partial charge in [0.15, 0.2) is 0 Å². The van der Waals surface area contributed by atoms with Gasteiger partial charge in [-0.15, -0.1) is 11.3 Å². The summed E-state index contributed by atoms with van der Waals surface area (Å²) in [6.45, 7) is 0. The Kier molecular flexibility index (Phi) is 6.94. The minimum atomic E-state index is 1.000. The number of nitrogens with zero attached hydrogens (tertiary/aromatic N) is 2. The first kappa shape index (κ1) is 26.6. The van der Waals surface area contributed by atoms with Crippen LogP contribution in [0.1, 0.15) is 0 Å². The molecule has 0 N–H and O–H groups in total. The maximum atomic E-state index is 4.86. The van der Waals surface area contributed by atoms with E-state index in [0.29, 0.717) is 0 Å². The molecule has 0 unspecified atom stereocenters. The van der Waals surface area contributed by atoms with Crippen molar-refractivity contribution in [2.75, 3.05) is 0 Å². The summed E-state index contributed by atoms with van der Waals surface area (Å²) in [5.41, 5.74) is 10.5. The summed E-state index contributed by atoms with van der Waals surface area (Å²) in [5, 5.41) is 3.63. The van der Waals surface area contributed by atoms with Gasteiger partial charge in [-0.2, -0.15) is 0 Å². The molecule has 0 atom stereocenters. The average molecular weight is 699 g/mol. The Labute approximate surface area is 270 Å². The number of pyridine rings is 2. The summed E-state index contributed by atoms with van der Waals surface area (Å²) >= 11 is 4.07. The monoisotopic (exact) mass is 698 g/mol. The number of rotatable bonds is 5. The van der Waals surface area contributed by atoms with Gasteiger partial charge in [0.2, 0.25) is 0 Å².